The summed E-state index contributed by atoms with van der Waals surface area (Å²) in [7, 11) is 1.57. The normalized spacial score (nSPS) is 14.7. The molecule has 0 atom stereocenters. The van der Waals surface area contributed by atoms with Gasteiger partial charge in [0.2, 0.25) is 5.91 Å². The smallest absolute Gasteiger partial charge is 0.254 e. The summed E-state index contributed by atoms with van der Waals surface area (Å²) in [5.74, 6) is 1.32. The molecule has 1 saturated heterocycles. The zero-order chi connectivity index (χ0) is 19.8. The van der Waals surface area contributed by atoms with Gasteiger partial charge in [-0.3, -0.25) is 14.5 Å². The van der Waals surface area contributed by atoms with Gasteiger partial charge in [0.05, 0.1) is 20.3 Å². The van der Waals surface area contributed by atoms with E-state index in [2.05, 4.69) is 4.90 Å². The first-order valence-electron chi connectivity index (χ1n) is 9.64. The third-order valence-electron chi connectivity index (χ3n) is 4.84. The minimum Gasteiger partial charge on any atom is -0.493 e. The van der Waals surface area contributed by atoms with Gasteiger partial charge >= 0.3 is 0 Å². The number of benzene rings is 1. The predicted molar refractivity (Wildman–Crippen MR) is 104 cm³/mol. The molecule has 1 fully saturated rings. The van der Waals surface area contributed by atoms with Crippen LogP contribution < -0.4 is 9.47 Å². The maximum Gasteiger partial charge on any atom is 0.254 e. The molecule has 0 aromatic heterocycles. The quantitative estimate of drug-likeness (QED) is 0.690. The highest BCUT2D eigenvalue weighted by Crippen LogP contribution is 2.28. The molecule has 1 aliphatic rings. The van der Waals surface area contributed by atoms with Crippen molar-refractivity contribution in [3.8, 4) is 11.5 Å². The topological polar surface area (TPSA) is 62.3 Å². The lowest BCUT2D eigenvalue weighted by atomic mass is 10.1. The van der Waals surface area contributed by atoms with Crippen LogP contribution in [0.2, 0.25) is 0 Å². The van der Waals surface area contributed by atoms with Gasteiger partial charge < -0.3 is 19.3 Å². The van der Waals surface area contributed by atoms with Crippen molar-refractivity contribution in [2.24, 2.45) is 0 Å². The Morgan fingerprint density at radius 3 is 2.26 bits per heavy atom. The summed E-state index contributed by atoms with van der Waals surface area (Å²) < 4.78 is 10.8. The number of hydrogen-bond acceptors (Lipinski definition) is 5. The van der Waals surface area contributed by atoms with Crippen molar-refractivity contribution in [3.63, 3.8) is 0 Å². The fraction of sp³-hybridized carbons (Fsp3) is 0.600. The Balaban J connectivity index is 1.94. The number of piperazine rings is 1. The molecule has 150 valence electrons. The number of rotatable bonds is 8. The SMILES string of the molecule is CCOc1ccc(C(=O)N2CCN(CC(=O)N(CC)CC)CC2)cc1OC. The molecule has 0 radical (unpaired) electrons. The maximum atomic E-state index is 12.8. The molecule has 1 aromatic carbocycles. The number of hydrogen-bond donors (Lipinski definition) is 0. The van der Waals surface area contributed by atoms with E-state index in [9.17, 15) is 9.59 Å². The number of carbonyl (C=O) groups excluding carboxylic acids is 2. The molecule has 0 aliphatic carbocycles. The lowest BCUT2D eigenvalue weighted by molar-refractivity contribution is -0.132. The molecule has 2 amide bonds. The summed E-state index contributed by atoms with van der Waals surface area (Å²) in [4.78, 5) is 30.8. The Morgan fingerprint density at radius 2 is 1.70 bits per heavy atom. The van der Waals surface area contributed by atoms with Gasteiger partial charge in [0.1, 0.15) is 0 Å². The first kappa shape index (κ1) is 21.0. The van der Waals surface area contributed by atoms with Crippen molar-refractivity contribution in [1.29, 1.82) is 0 Å². The molecule has 7 nitrogen and oxygen atoms in total. The average Bonchev–Trinajstić information content (AvgIpc) is 2.69. The van der Waals surface area contributed by atoms with Crippen LogP contribution in [0.5, 0.6) is 11.5 Å². The number of methoxy groups -OCH3 is 1. The lowest BCUT2D eigenvalue weighted by Gasteiger charge is -2.35. The third-order valence-corrected chi connectivity index (χ3v) is 4.84. The molecule has 1 aromatic rings. The van der Waals surface area contributed by atoms with Crippen LogP contribution >= 0.6 is 0 Å². The van der Waals surface area contributed by atoms with Crippen LogP contribution in [0.4, 0.5) is 0 Å². The fourth-order valence-corrected chi connectivity index (χ4v) is 3.23. The molecule has 0 spiro atoms. The van der Waals surface area contributed by atoms with Gasteiger partial charge in [0.25, 0.3) is 5.91 Å². The van der Waals surface area contributed by atoms with Crippen molar-refractivity contribution < 1.29 is 19.1 Å². The van der Waals surface area contributed by atoms with Crippen LogP contribution in [-0.2, 0) is 4.79 Å². The minimum atomic E-state index is -0.0222. The van der Waals surface area contributed by atoms with Gasteiger partial charge in [-0.15, -0.1) is 0 Å². The summed E-state index contributed by atoms with van der Waals surface area (Å²) in [6.07, 6.45) is 0. The second-order valence-electron chi connectivity index (χ2n) is 6.43. The first-order valence-corrected chi connectivity index (χ1v) is 9.64. The van der Waals surface area contributed by atoms with Crippen molar-refractivity contribution in [1.82, 2.24) is 14.7 Å². The lowest BCUT2D eigenvalue weighted by Crippen LogP contribution is -2.51. The Morgan fingerprint density at radius 1 is 1.04 bits per heavy atom. The second kappa shape index (κ2) is 10.2. The Bertz CT molecular complexity index is 638. The van der Waals surface area contributed by atoms with E-state index in [1.165, 1.54) is 0 Å². The van der Waals surface area contributed by atoms with E-state index in [0.29, 0.717) is 56.4 Å². The Hall–Kier alpha value is -2.28. The van der Waals surface area contributed by atoms with Crippen molar-refractivity contribution in [2.75, 3.05) is 59.5 Å². The zero-order valence-corrected chi connectivity index (χ0v) is 16.9. The van der Waals surface area contributed by atoms with E-state index in [-0.39, 0.29) is 11.8 Å². The summed E-state index contributed by atoms with van der Waals surface area (Å²) >= 11 is 0. The third kappa shape index (κ3) is 5.35. The van der Waals surface area contributed by atoms with Crippen molar-refractivity contribution in [3.05, 3.63) is 23.8 Å². The van der Waals surface area contributed by atoms with Crippen LogP contribution in [0.3, 0.4) is 0 Å². The van der Waals surface area contributed by atoms with Crippen LogP contribution in [0.15, 0.2) is 18.2 Å². The Labute approximate surface area is 161 Å². The molecular weight excluding hydrogens is 346 g/mol. The van der Waals surface area contributed by atoms with Crippen LogP contribution in [0, 0.1) is 0 Å². The van der Waals surface area contributed by atoms with E-state index in [4.69, 9.17) is 9.47 Å². The molecule has 7 heteroatoms. The van der Waals surface area contributed by atoms with Gasteiger partial charge in [-0.1, -0.05) is 0 Å². The summed E-state index contributed by atoms with van der Waals surface area (Å²) in [6.45, 7) is 10.9. The Kier molecular flexibility index (Phi) is 7.91. The molecule has 1 heterocycles. The van der Waals surface area contributed by atoms with E-state index < -0.39 is 0 Å². The van der Waals surface area contributed by atoms with Gasteiger partial charge in [0, 0.05) is 44.8 Å². The van der Waals surface area contributed by atoms with E-state index in [0.717, 1.165) is 13.1 Å². The zero-order valence-electron chi connectivity index (χ0n) is 16.9. The standard InChI is InChI=1S/C20H31N3O4/c1-5-22(6-2)19(24)15-21-10-12-23(13-11-21)20(25)16-8-9-17(27-7-3)18(14-16)26-4/h8-9,14H,5-7,10-13,15H2,1-4H3. The molecule has 0 N–H and O–H groups in total. The van der Waals surface area contributed by atoms with Crippen LogP contribution in [-0.4, -0.2) is 86.0 Å². The van der Waals surface area contributed by atoms with Gasteiger partial charge in [-0.05, 0) is 39.0 Å². The number of ether oxygens (including phenoxy) is 2. The molecule has 1 aliphatic heterocycles. The highest BCUT2D eigenvalue weighted by Gasteiger charge is 2.25. The molecule has 0 saturated carbocycles. The van der Waals surface area contributed by atoms with Crippen LogP contribution in [0.25, 0.3) is 0 Å². The molecule has 0 unspecified atom stereocenters. The summed E-state index contributed by atoms with van der Waals surface area (Å²) in [6, 6.07) is 5.27. The summed E-state index contributed by atoms with van der Waals surface area (Å²) in [5.41, 5.74) is 0.586. The molecule has 2 rings (SSSR count). The predicted octanol–water partition coefficient (Wildman–Crippen LogP) is 1.72. The van der Waals surface area contributed by atoms with E-state index in [1.54, 1.807) is 25.3 Å². The number of likely N-dealkylation sites (N-methyl/N-ethyl adjacent to an activating group) is 1. The second-order valence-corrected chi connectivity index (χ2v) is 6.43. The summed E-state index contributed by atoms with van der Waals surface area (Å²) in [5, 5.41) is 0. The largest absolute Gasteiger partial charge is 0.493 e. The number of nitrogens with zero attached hydrogens (tertiary/aromatic N) is 3. The highest BCUT2D eigenvalue weighted by atomic mass is 16.5. The van der Waals surface area contributed by atoms with Gasteiger partial charge in [-0.2, -0.15) is 0 Å². The molecule has 27 heavy (non-hydrogen) atoms. The number of amides is 2. The van der Waals surface area contributed by atoms with Crippen LogP contribution in [0.1, 0.15) is 31.1 Å². The maximum absolute atomic E-state index is 12.8. The monoisotopic (exact) mass is 377 g/mol. The molecule has 0 bridgehead atoms. The van der Waals surface area contributed by atoms with E-state index in [1.807, 2.05) is 30.6 Å². The number of carbonyl (C=O) groups is 2. The minimum absolute atomic E-state index is 0.0222. The average molecular weight is 377 g/mol. The fourth-order valence-electron chi connectivity index (χ4n) is 3.23. The van der Waals surface area contributed by atoms with Crippen molar-refractivity contribution in [2.45, 2.75) is 20.8 Å². The van der Waals surface area contributed by atoms with Crippen molar-refractivity contribution >= 4 is 11.8 Å². The molecular formula is C20H31N3O4. The first-order chi connectivity index (χ1) is 13.0. The van der Waals surface area contributed by atoms with E-state index >= 15 is 0 Å². The highest BCUT2D eigenvalue weighted by molar-refractivity contribution is 5.95. The van der Waals surface area contributed by atoms with Gasteiger partial charge in [0.15, 0.2) is 11.5 Å². The van der Waals surface area contributed by atoms with Gasteiger partial charge in [-0.25, -0.2) is 0 Å².